The summed E-state index contributed by atoms with van der Waals surface area (Å²) in [5, 5.41) is 8.06. The zero-order valence-corrected chi connectivity index (χ0v) is 17.8. The minimum Gasteiger partial charge on any atom is -0.352 e. The van der Waals surface area contributed by atoms with Crippen molar-refractivity contribution in [2.45, 2.75) is 25.7 Å². The summed E-state index contributed by atoms with van der Waals surface area (Å²) in [4.78, 5) is 30.1. The third-order valence-corrected chi connectivity index (χ3v) is 6.12. The van der Waals surface area contributed by atoms with Gasteiger partial charge in [-0.3, -0.25) is 9.59 Å². The second-order valence-electron chi connectivity index (χ2n) is 8.62. The lowest BCUT2D eigenvalue weighted by Crippen LogP contribution is -2.44. The number of carbonyl (C=O) groups excluding carboxylic acids is 2. The van der Waals surface area contributed by atoms with Crippen LogP contribution >= 0.6 is 0 Å². The molecule has 1 heterocycles. The lowest BCUT2D eigenvalue weighted by molar-refractivity contribution is -0.117. The summed E-state index contributed by atoms with van der Waals surface area (Å²) in [6.07, 6.45) is 3.91. The standard InChI is InChI=1S/C24H32N4O2/c1-27-12-14-28(15-13-27)11-5-4-10-25-24(30)21-16-19-6-2-3-7-20(19)17-22(21)26-23(29)18-8-9-18/h2-3,6-7,16-18H,4-5,8-15H2,1H3,(H,25,30)(H,26,29). The fraction of sp³-hybridized carbons (Fsp3) is 0.500. The highest BCUT2D eigenvalue weighted by Gasteiger charge is 2.30. The maximum Gasteiger partial charge on any atom is 0.253 e. The average Bonchev–Trinajstić information content (AvgIpc) is 3.60. The number of benzene rings is 2. The molecule has 1 aliphatic carbocycles. The van der Waals surface area contributed by atoms with Gasteiger partial charge in [0.2, 0.25) is 5.91 Å². The monoisotopic (exact) mass is 408 g/mol. The number of fused-ring (bicyclic) bond motifs is 1. The second kappa shape index (κ2) is 9.58. The van der Waals surface area contributed by atoms with Crippen molar-refractivity contribution in [2.75, 3.05) is 51.6 Å². The molecule has 2 N–H and O–H groups in total. The number of carbonyl (C=O) groups is 2. The highest BCUT2D eigenvalue weighted by Crippen LogP contribution is 2.32. The van der Waals surface area contributed by atoms with E-state index in [4.69, 9.17) is 0 Å². The SMILES string of the molecule is CN1CCN(CCCCNC(=O)c2cc3ccccc3cc2NC(=O)C2CC2)CC1. The molecule has 0 bridgehead atoms. The molecule has 6 heteroatoms. The molecular weight excluding hydrogens is 376 g/mol. The van der Waals surface area contributed by atoms with Crippen LogP contribution in [0.15, 0.2) is 36.4 Å². The Morgan fingerprint density at radius 1 is 1.00 bits per heavy atom. The Morgan fingerprint density at radius 3 is 2.40 bits per heavy atom. The van der Waals surface area contributed by atoms with E-state index in [-0.39, 0.29) is 17.7 Å². The number of piperazine rings is 1. The van der Waals surface area contributed by atoms with E-state index in [0.29, 0.717) is 17.8 Å². The molecule has 2 aromatic rings. The maximum atomic E-state index is 12.9. The molecule has 2 aromatic carbocycles. The van der Waals surface area contributed by atoms with Gasteiger partial charge in [-0.25, -0.2) is 0 Å². The Balaban J connectivity index is 1.33. The molecule has 0 unspecified atom stereocenters. The van der Waals surface area contributed by atoms with Gasteiger partial charge in [0.1, 0.15) is 0 Å². The first-order chi connectivity index (χ1) is 14.6. The first-order valence-electron chi connectivity index (χ1n) is 11.1. The Morgan fingerprint density at radius 2 is 1.70 bits per heavy atom. The fourth-order valence-electron chi connectivity index (χ4n) is 3.94. The van der Waals surface area contributed by atoms with Crippen LogP contribution in [0.3, 0.4) is 0 Å². The number of likely N-dealkylation sites (N-methyl/N-ethyl adjacent to an activating group) is 1. The number of rotatable bonds is 8. The number of nitrogens with zero attached hydrogens (tertiary/aromatic N) is 2. The first-order valence-corrected chi connectivity index (χ1v) is 11.1. The average molecular weight is 409 g/mol. The molecule has 1 saturated heterocycles. The van der Waals surface area contributed by atoms with Crippen LogP contribution in [0.2, 0.25) is 0 Å². The van der Waals surface area contributed by atoms with E-state index >= 15 is 0 Å². The summed E-state index contributed by atoms with van der Waals surface area (Å²) < 4.78 is 0. The molecule has 2 aliphatic rings. The van der Waals surface area contributed by atoms with Gasteiger partial charge in [-0.1, -0.05) is 24.3 Å². The first kappa shape index (κ1) is 20.8. The molecule has 1 aliphatic heterocycles. The van der Waals surface area contributed by atoms with E-state index in [1.165, 1.54) is 0 Å². The van der Waals surface area contributed by atoms with Gasteiger partial charge >= 0.3 is 0 Å². The van der Waals surface area contributed by atoms with Crippen LogP contribution in [0, 0.1) is 5.92 Å². The summed E-state index contributed by atoms with van der Waals surface area (Å²) >= 11 is 0. The number of amides is 2. The largest absolute Gasteiger partial charge is 0.352 e. The molecule has 30 heavy (non-hydrogen) atoms. The fourth-order valence-corrected chi connectivity index (χ4v) is 3.94. The highest BCUT2D eigenvalue weighted by molar-refractivity contribution is 6.08. The number of hydrogen-bond donors (Lipinski definition) is 2. The summed E-state index contributed by atoms with van der Waals surface area (Å²) in [6, 6.07) is 11.7. The Labute approximate surface area is 178 Å². The van der Waals surface area contributed by atoms with Gasteiger partial charge in [0, 0.05) is 38.6 Å². The molecule has 2 fully saturated rings. The van der Waals surface area contributed by atoms with Crippen LogP contribution in [0.1, 0.15) is 36.0 Å². The molecule has 0 spiro atoms. The highest BCUT2D eigenvalue weighted by atomic mass is 16.2. The van der Waals surface area contributed by atoms with Gasteiger partial charge in [-0.15, -0.1) is 0 Å². The zero-order valence-electron chi connectivity index (χ0n) is 17.8. The molecule has 160 valence electrons. The van der Waals surface area contributed by atoms with Crippen LogP contribution in [-0.4, -0.2) is 67.9 Å². The number of anilines is 1. The predicted molar refractivity (Wildman–Crippen MR) is 121 cm³/mol. The third kappa shape index (κ3) is 5.37. The van der Waals surface area contributed by atoms with Gasteiger partial charge in [0.05, 0.1) is 11.3 Å². The summed E-state index contributed by atoms with van der Waals surface area (Å²) in [5.74, 6) is -0.0000823. The van der Waals surface area contributed by atoms with E-state index in [1.54, 1.807) is 0 Å². The molecular formula is C24H32N4O2. The van der Waals surface area contributed by atoms with E-state index in [0.717, 1.165) is 69.2 Å². The quantitative estimate of drug-likeness (QED) is 0.659. The van der Waals surface area contributed by atoms with Gasteiger partial charge in [-0.05, 0) is 62.2 Å². The van der Waals surface area contributed by atoms with Gasteiger partial charge in [0.15, 0.2) is 0 Å². The predicted octanol–water partition coefficient (Wildman–Crippen LogP) is 2.95. The number of hydrogen-bond acceptors (Lipinski definition) is 4. The van der Waals surface area contributed by atoms with Crippen molar-refractivity contribution < 1.29 is 9.59 Å². The summed E-state index contributed by atoms with van der Waals surface area (Å²) in [7, 11) is 2.17. The number of unbranched alkanes of at least 4 members (excludes halogenated alkanes) is 1. The van der Waals surface area contributed by atoms with Crippen LogP contribution in [0.4, 0.5) is 5.69 Å². The van der Waals surface area contributed by atoms with Crippen molar-refractivity contribution in [3.05, 3.63) is 42.0 Å². The Hall–Kier alpha value is -2.44. The number of nitrogens with one attached hydrogen (secondary N) is 2. The van der Waals surface area contributed by atoms with E-state index in [2.05, 4.69) is 27.5 Å². The van der Waals surface area contributed by atoms with Crippen molar-refractivity contribution in [1.82, 2.24) is 15.1 Å². The van der Waals surface area contributed by atoms with Gasteiger partial charge in [-0.2, -0.15) is 0 Å². The topological polar surface area (TPSA) is 64.7 Å². The van der Waals surface area contributed by atoms with E-state index in [1.807, 2.05) is 36.4 Å². The molecule has 2 amide bonds. The lowest BCUT2D eigenvalue weighted by Gasteiger charge is -2.32. The third-order valence-electron chi connectivity index (χ3n) is 6.12. The molecule has 1 saturated carbocycles. The second-order valence-corrected chi connectivity index (χ2v) is 8.62. The molecule has 4 rings (SSSR count). The Kier molecular flexibility index (Phi) is 6.65. The van der Waals surface area contributed by atoms with E-state index in [9.17, 15) is 9.59 Å². The van der Waals surface area contributed by atoms with Crippen LogP contribution < -0.4 is 10.6 Å². The smallest absolute Gasteiger partial charge is 0.253 e. The van der Waals surface area contributed by atoms with Gasteiger partial charge < -0.3 is 20.4 Å². The lowest BCUT2D eigenvalue weighted by atomic mass is 10.0. The molecule has 0 atom stereocenters. The van der Waals surface area contributed by atoms with Crippen molar-refractivity contribution in [3.63, 3.8) is 0 Å². The van der Waals surface area contributed by atoms with E-state index < -0.39 is 0 Å². The summed E-state index contributed by atoms with van der Waals surface area (Å²) in [6.45, 7) is 6.26. The van der Waals surface area contributed by atoms with Crippen molar-refractivity contribution >= 4 is 28.3 Å². The molecule has 0 aromatic heterocycles. The zero-order chi connectivity index (χ0) is 20.9. The van der Waals surface area contributed by atoms with Crippen LogP contribution in [-0.2, 0) is 4.79 Å². The molecule has 0 radical (unpaired) electrons. The Bertz CT molecular complexity index is 901. The van der Waals surface area contributed by atoms with Crippen LogP contribution in [0.5, 0.6) is 0 Å². The maximum absolute atomic E-state index is 12.9. The van der Waals surface area contributed by atoms with Crippen molar-refractivity contribution in [3.8, 4) is 0 Å². The van der Waals surface area contributed by atoms with Crippen molar-refractivity contribution in [2.24, 2.45) is 5.92 Å². The minimum atomic E-state index is -0.119. The van der Waals surface area contributed by atoms with Gasteiger partial charge in [0.25, 0.3) is 5.91 Å². The molecule has 6 nitrogen and oxygen atoms in total. The summed E-state index contributed by atoms with van der Waals surface area (Å²) in [5.41, 5.74) is 1.15. The minimum absolute atomic E-state index is 0.0199. The normalized spacial score (nSPS) is 17.8. The van der Waals surface area contributed by atoms with Crippen molar-refractivity contribution in [1.29, 1.82) is 0 Å². The van der Waals surface area contributed by atoms with Crippen LogP contribution in [0.25, 0.3) is 10.8 Å².